The van der Waals surface area contributed by atoms with Crippen LogP contribution in [0.3, 0.4) is 0 Å². The van der Waals surface area contributed by atoms with Crippen LogP contribution < -0.4 is 5.69 Å². The summed E-state index contributed by atoms with van der Waals surface area (Å²) < 4.78 is 1.68. The van der Waals surface area contributed by atoms with Gasteiger partial charge in [-0.25, -0.2) is 14.9 Å². The average Bonchev–Trinajstić information content (AvgIpc) is 3.14. The number of aryl methyl sites for hydroxylation is 1. The van der Waals surface area contributed by atoms with Gasteiger partial charge in [-0.2, -0.15) is 0 Å². The number of thioether (sulfide) groups is 1. The fraction of sp³-hybridized carbons (Fsp3) is 0.214. The van der Waals surface area contributed by atoms with Crippen molar-refractivity contribution in [3.8, 4) is 0 Å². The summed E-state index contributed by atoms with van der Waals surface area (Å²) in [5, 5.41) is 9.33. The third-order valence-electron chi connectivity index (χ3n) is 3.02. The molecular weight excluding hydrogens is 304 g/mol. The van der Waals surface area contributed by atoms with Crippen LogP contribution in [0.1, 0.15) is 11.3 Å². The second-order valence-corrected chi connectivity index (χ2v) is 6.13. The molecule has 0 aliphatic carbocycles. The lowest BCUT2D eigenvalue weighted by Gasteiger charge is -2.05. The molecule has 0 saturated carbocycles. The summed E-state index contributed by atoms with van der Waals surface area (Å²) in [5.74, 6) is 0.721. The normalized spacial score (nSPS) is 10.9. The molecule has 0 unspecified atom stereocenters. The molecule has 0 aliphatic rings. The van der Waals surface area contributed by atoms with E-state index in [1.807, 2.05) is 29.1 Å². The number of H-pyrrole nitrogens is 1. The molecule has 7 heteroatoms. The molecule has 0 bridgehead atoms. The van der Waals surface area contributed by atoms with Gasteiger partial charge in [-0.3, -0.25) is 4.57 Å². The van der Waals surface area contributed by atoms with E-state index in [2.05, 4.69) is 27.3 Å². The van der Waals surface area contributed by atoms with Crippen LogP contribution in [-0.4, -0.2) is 19.7 Å². The molecule has 2 heterocycles. The van der Waals surface area contributed by atoms with Crippen LogP contribution in [0.25, 0.3) is 0 Å². The first-order valence-electron chi connectivity index (χ1n) is 6.52. The van der Waals surface area contributed by atoms with Gasteiger partial charge in [-0.15, -0.1) is 16.4 Å². The minimum atomic E-state index is -0.160. The van der Waals surface area contributed by atoms with Crippen LogP contribution in [0.15, 0.2) is 51.2 Å². The maximum absolute atomic E-state index is 11.8. The molecule has 0 radical (unpaired) electrons. The van der Waals surface area contributed by atoms with Crippen LogP contribution >= 0.6 is 23.1 Å². The first-order valence-corrected chi connectivity index (χ1v) is 8.45. The SMILES string of the molecule is O=c1[nH]nc(SCc2cscn2)n1CCc1ccccc1. The van der Waals surface area contributed by atoms with Gasteiger partial charge < -0.3 is 0 Å². The van der Waals surface area contributed by atoms with Crippen molar-refractivity contribution < 1.29 is 0 Å². The molecule has 3 rings (SSSR count). The molecule has 0 aliphatic heterocycles. The molecule has 0 amide bonds. The number of nitrogens with zero attached hydrogens (tertiary/aromatic N) is 3. The largest absolute Gasteiger partial charge is 0.343 e. The fourth-order valence-electron chi connectivity index (χ4n) is 1.94. The Bertz CT molecular complexity index is 734. The number of aromatic nitrogens is 4. The summed E-state index contributed by atoms with van der Waals surface area (Å²) in [6.45, 7) is 0.624. The molecule has 0 fully saturated rings. The second kappa shape index (κ2) is 6.73. The molecule has 108 valence electrons. The van der Waals surface area contributed by atoms with Gasteiger partial charge in [0.05, 0.1) is 11.2 Å². The number of aromatic amines is 1. The lowest BCUT2D eigenvalue weighted by molar-refractivity contribution is 0.616. The molecule has 1 aromatic carbocycles. The van der Waals surface area contributed by atoms with Gasteiger partial charge in [-0.05, 0) is 12.0 Å². The highest BCUT2D eigenvalue weighted by Gasteiger charge is 2.09. The average molecular weight is 318 g/mol. The van der Waals surface area contributed by atoms with Gasteiger partial charge in [-0.1, -0.05) is 42.1 Å². The Labute approximate surface area is 130 Å². The van der Waals surface area contributed by atoms with Gasteiger partial charge in [0.25, 0.3) is 0 Å². The zero-order valence-corrected chi connectivity index (χ0v) is 12.9. The third kappa shape index (κ3) is 3.62. The molecule has 21 heavy (non-hydrogen) atoms. The van der Waals surface area contributed by atoms with Crippen LogP contribution in [-0.2, 0) is 18.7 Å². The predicted octanol–water partition coefficient (Wildman–Crippen LogP) is 2.56. The zero-order chi connectivity index (χ0) is 14.5. The molecule has 0 atom stereocenters. The maximum Gasteiger partial charge on any atom is 0.343 e. The first kappa shape index (κ1) is 14.1. The van der Waals surface area contributed by atoms with Gasteiger partial charge in [0.1, 0.15) is 0 Å². The lowest BCUT2D eigenvalue weighted by atomic mass is 10.1. The summed E-state index contributed by atoms with van der Waals surface area (Å²) in [5.41, 5.74) is 3.87. The predicted molar refractivity (Wildman–Crippen MR) is 84.7 cm³/mol. The van der Waals surface area contributed by atoms with Crippen LogP contribution in [0.2, 0.25) is 0 Å². The van der Waals surface area contributed by atoms with Gasteiger partial charge in [0, 0.05) is 17.7 Å². The topological polar surface area (TPSA) is 63.6 Å². The molecule has 0 saturated heterocycles. The summed E-state index contributed by atoms with van der Waals surface area (Å²) in [6.07, 6.45) is 0.810. The standard InChI is InChI=1S/C14H14N4OS2/c19-13-16-17-14(21-9-12-8-20-10-15-12)18(13)7-6-11-4-2-1-3-5-11/h1-5,8,10H,6-7,9H2,(H,16,19). The first-order chi connectivity index (χ1) is 10.3. The molecule has 2 aromatic heterocycles. The summed E-state index contributed by atoms with van der Waals surface area (Å²) >= 11 is 3.10. The highest BCUT2D eigenvalue weighted by atomic mass is 32.2. The van der Waals surface area contributed by atoms with Crippen molar-refractivity contribution in [1.82, 2.24) is 19.7 Å². The Balaban J connectivity index is 1.67. The Kier molecular flexibility index (Phi) is 4.52. The highest BCUT2D eigenvalue weighted by molar-refractivity contribution is 7.98. The zero-order valence-electron chi connectivity index (χ0n) is 11.2. The van der Waals surface area contributed by atoms with Crippen molar-refractivity contribution in [2.45, 2.75) is 23.9 Å². The van der Waals surface area contributed by atoms with Gasteiger partial charge >= 0.3 is 5.69 Å². The molecule has 0 spiro atoms. The van der Waals surface area contributed by atoms with E-state index >= 15 is 0 Å². The number of hydrogen-bond donors (Lipinski definition) is 1. The van der Waals surface area contributed by atoms with Gasteiger partial charge in [0.15, 0.2) is 5.16 Å². The van der Waals surface area contributed by atoms with E-state index in [9.17, 15) is 4.79 Å². The summed E-state index contributed by atoms with van der Waals surface area (Å²) in [6, 6.07) is 10.1. The Morgan fingerprint density at radius 2 is 2.14 bits per heavy atom. The van der Waals surface area contributed by atoms with E-state index in [0.29, 0.717) is 11.7 Å². The van der Waals surface area contributed by atoms with Crippen LogP contribution in [0.5, 0.6) is 0 Å². The van der Waals surface area contributed by atoms with E-state index in [1.165, 1.54) is 17.3 Å². The Morgan fingerprint density at radius 3 is 2.90 bits per heavy atom. The van der Waals surface area contributed by atoms with E-state index in [4.69, 9.17) is 0 Å². The summed E-state index contributed by atoms with van der Waals surface area (Å²) in [4.78, 5) is 16.1. The number of rotatable bonds is 6. The van der Waals surface area contributed by atoms with Crippen molar-refractivity contribution >= 4 is 23.1 Å². The second-order valence-electron chi connectivity index (χ2n) is 4.47. The van der Waals surface area contributed by atoms with Crippen LogP contribution in [0, 0.1) is 0 Å². The minimum Gasteiger partial charge on any atom is -0.270 e. The quantitative estimate of drug-likeness (QED) is 0.710. The lowest BCUT2D eigenvalue weighted by Crippen LogP contribution is -2.18. The highest BCUT2D eigenvalue weighted by Crippen LogP contribution is 2.19. The van der Waals surface area contributed by atoms with E-state index in [-0.39, 0.29) is 5.69 Å². The maximum atomic E-state index is 11.8. The van der Waals surface area contributed by atoms with Crippen LogP contribution in [0.4, 0.5) is 0 Å². The molecule has 3 aromatic rings. The van der Waals surface area contributed by atoms with Crippen molar-refractivity contribution in [1.29, 1.82) is 0 Å². The smallest absolute Gasteiger partial charge is 0.270 e. The van der Waals surface area contributed by atoms with E-state index < -0.39 is 0 Å². The fourth-order valence-corrected chi connectivity index (χ4v) is 3.48. The molecule has 5 nitrogen and oxygen atoms in total. The van der Waals surface area contributed by atoms with Crippen molar-refractivity contribution in [2.24, 2.45) is 0 Å². The van der Waals surface area contributed by atoms with Crippen molar-refractivity contribution in [2.75, 3.05) is 0 Å². The molecule has 1 N–H and O–H groups in total. The number of benzene rings is 1. The summed E-state index contributed by atoms with van der Waals surface area (Å²) in [7, 11) is 0. The van der Waals surface area contributed by atoms with Gasteiger partial charge in [0.2, 0.25) is 0 Å². The van der Waals surface area contributed by atoms with Crippen molar-refractivity contribution in [3.63, 3.8) is 0 Å². The monoisotopic (exact) mass is 318 g/mol. The van der Waals surface area contributed by atoms with E-state index in [0.717, 1.165) is 17.9 Å². The van der Waals surface area contributed by atoms with Crippen molar-refractivity contribution in [3.05, 3.63) is 63.0 Å². The Hall–Kier alpha value is -1.86. The molecular formula is C14H14N4OS2. The third-order valence-corrected chi connectivity index (χ3v) is 4.67. The number of hydrogen-bond acceptors (Lipinski definition) is 5. The van der Waals surface area contributed by atoms with E-state index in [1.54, 1.807) is 15.9 Å². The Morgan fingerprint density at radius 1 is 1.29 bits per heavy atom. The minimum absolute atomic E-state index is 0.160. The number of thiazole rings is 1. The number of nitrogens with one attached hydrogen (secondary N) is 1.